The van der Waals surface area contributed by atoms with Crippen molar-refractivity contribution < 1.29 is 9.53 Å². The third kappa shape index (κ3) is 3.85. The van der Waals surface area contributed by atoms with Crippen molar-refractivity contribution in [2.45, 2.75) is 44.6 Å². The largest absolute Gasteiger partial charge is 0.459 e. The van der Waals surface area contributed by atoms with Gasteiger partial charge in [-0.05, 0) is 37.8 Å². The second-order valence-corrected chi connectivity index (χ2v) is 5.29. The minimum Gasteiger partial charge on any atom is -0.459 e. The summed E-state index contributed by atoms with van der Waals surface area (Å²) in [4.78, 5) is 15.8. The molecule has 0 aromatic carbocycles. The number of carbonyl (C=O) groups excluding carboxylic acids is 1. The zero-order chi connectivity index (χ0) is 13.0. The number of esters is 1. The summed E-state index contributed by atoms with van der Waals surface area (Å²) in [7, 11) is 0. The lowest BCUT2D eigenvalue weighted by Crippen LogP contribution is -2.17. The Morgan fingerprint density at radius 2 is 1.67 bits per heavy atom. The maximum Gasteiger partial charge on any atom is 0.338 e. The molecule has 1 aromatic rings. The van der Waals surface area contributed by atoms with Crippen molar-refractivity contribution in [3.05, 3.63) is 28.0 Å². The molecule has 1 aromatic heterocycles. The molecule has 1 aliphatic rings. The molecule has 0 bridgehead atoms. The normalized spacial score (nSPS) is 17.2. The molecular formula is C13H15Cl2NO2. The first kappa shape index (κ1) is 13.6. The van der Waals surface area contributed by atoms with Crippen molar-refractivity contribution in [3.63, 3.8) is 0 Å². The molecule has 3 nitrogen and oxygen atoms in total. The Bertz CT molecular complexity index is 409. The van der Waals surface area contributed by atoms with Crippen molar-refractivity contribution in [2.75, 3.05) is 0 Å². The first-order chi connectivity index (χ1) is 8.65. The van der Waals surface area contributed by atoms with Crippen molar-refractivity contribution in [1.82, 2.24) is 4.98 Å². The summed E-state index contributed by atoms with van der Waals surface area (Å²) in [5.74, 6) is -0.367. The van der Waals surface area contributed by atoms with E-state index in [-0.39, 0.29) is 22.4 Å². The van der Waals surface area contributed by atoms with Gasteiger partial charge in [-0.2, -0.15) is 0 Å². The molecule has 0 atom stereocenters. The van der Waals surface area contributed by atoms with E-state index in [1.165, 1.54) is 25.0 Å². The molecule has 5 heteroatoms. The van der Waals surface area contributed by atoms with E-state index in [4.69, 9.17) is 27.9 Å². The zero-order valence-corrected chi connectivity index (χ0v) is 11.5. The second kappa shape index (κ2) is 6.39. The summed E-state index contributed by atoms with van der Waals surface area (Å²) in [6.45, 7) is 0. The van der Waals surface area contributed by atoms with Crippen molar-refractivity contribution >= 4 is 29.2 Å². The quantitative estimate of drug-likeness (QED) is 0.463. The number of pyridine rings is 1. The molecule has 0 aliphatic heterocycles. The first-order valence-corrected chi connectivity index (χ1v) is 6.95. The van der Waals surface area contributed by atoms with E-state index in [9.17, 15) is 4.79 Å². The van der Waals surface area contributed by atoms with Gasteiger partial charge in [0.1, 0.15) is 16.4 Å². The van der Waals surface area contributed by atoms with Gasteiger partial charge in [0, 0.05) is 0 Å². The minimum atomic E-state index is -0.367. The monoisotopic (exact) mass is 287 g/mol. The molecule has 1 aliphatic carbocycles. The zero-order valence-electron chi connectivity index (χ0n) is 9.99. The Morgan fingerprint density at radius 3 is 2.22 bits per heavy atom. The number of ether oxygens (including phenoxy) is 1. The summed E-state index contributed by atoms with van der Waals surface area (Å²) < 4.78 is 5.48. The van der Waals surface area contributed by atoms with Crippen LogP contribution in [0.3, 0.4) is 0 Å². The maximum absolute atomic E-state index is 12.0. The molecule has 0 unspecified atom stereocenters. The van der Waals surface area contributed by atoms with Gasteiger partial charge >= 0.3 is 5.97 Å². The standard InChI is InChI=1S/C13H15Cl2NO2/c14-11-7-9(8-12(15)16-11)13(17)18-10-5-3-1-2-4-6-10/h7-8,10H,1-6H2. The number of halogens is 2. The van der Waals surface area contributed by atoms with E-state index >= 15 is 0 Å². The van der Waals surface area contributed by atoms with E-state index in [0.717, 1.165) is 25.7 Å². The van der Waals surface area contributed by atoms with Gasteiger partial charge in [-0.15, -0.1) is 0 Å². The van der Waals surface area contributed by atoms with Crippen LogP contribution in [0.4, 0.5) is 0 Å². The summed E-state index contributed by atoms with van der Waals surface area (Å²) in [6.07, 6.45) is 6.59. The Hall–Kier alpha value is -0.800. The van der Waals surface area contributed by atoms with Crippen LogP contribution in [0.2, 0.25) is 10.3 Å². The van der Waals surface area contributed by atoms with Crippen LogP contribution in [0.1, 0.15) is 48.9 Å². The van der Waals surface area contributed by atoms with Crippen molar-refractivity contribution in [2.24, 2.45) is 0 Å². The number of aromatic nitrogens is 1. The lowest BCUT2D eigenvalue weighted by atomic mass is 10.1. The molecule has 1 heterocycles. The van der Waals surface area contributed by atoms with Gasteiger partial charge in [-0.1, -0.05) is 36.0 Å². The fourth-order valence-corrected chi connectivity index (χ4v) is 2.62. The molecule has 0 saturated heterocycles. The van der Waals surface area contributed by atoms with E-state index in [0.29, 0.717) is 5.56 Å². The third-order valence-electron chi connectivity index (χ3n) is 3.07. The smallest absolute Gasteiger partial charge is 0.338 e. The number of carbonyl (C=O) groups is 1. The predicted molar refractivity (Wildman–Crippen MR) is 71.2 cm³/mol. The Balaban J connectivity index is 2.01. The Kier molecular flexibility index (Phi) is 4.84. The van der Waals surface area contributed by atoms with Gasteiger partial charge in [0.05, 0.1) is 5.56 Å². The number of rotatable bonds is 2. The van der Waals surface area contributed by atoms with Crippen LogP contribution < -0.4 is 0 Å². The lowest BCUT2D eigenvalue weighted by molar-refractivity contribution is 0.0267. The molecule has 0 radical (unpaired) electrons. The second-order valence-electron chi connectivity index (χ2n) is 4.52. The van der Waals surface area contributed by atoms with Gasteiger partial charge < -0.3 is 4.74 Å². The molecule has 1 saturated carbocycles. The summed E-state index contributed by atoms with van der Waals surface area (Å²) in [5.41, 5.74) is 0.365. The number of hydrogen-bond donors (Lipinski definition) is 0. The average molecular weight is 288 g/mol. The van der Waals surface area contributed by atoms with Gasteiger partial charge in [-0.25, -0.2) is 9.78 Å². The number of hydrogen-bond acceptors (Lipinski definition) is 3. The molecule has 0 N–H and O–H groups in total. The van der Waals surface area contributed by atoms with Crippen molar-refractivity contribution in [1.29, 1.82) is 0 Å². The molecule has 1 fully saturated rings. The van der Waals surface area contributed by atoms with Crippen LogP contribution in [0.15, 0.2) is 12.1 Å². The highest BCUT2D eigenvalue weighted by atomic mass is 35.5. The molecule has 0 spiro atoms. The van der Waals surface area contributed by atoms with Gasteiger partial charge in [0.2, 0.25) is 0 Å². The lowest BCUT2D eigenvalue weighted by Gasteiger charge is -2.15. The Morgan fingerprint density at radius 1 is 1.11 bits per heavy atom. The van der Waals surface area contributed by atoms with E-state index in [1.54, 1.807) is 0 Å². The highest BCUT2D eigenvalue weighted by Crippen LogP contribution is 2.22. The fraction of sp³-hybridized carbons (Fsp3) is 0.538. The molecule has 98 valence electrons. The summed E-state index contributed by atoms with van der Waals surface area (Å²) in [6, 6.07) is 2.96. The van der Waals surface area contributed by atoms with Gasteiger partial charge in [-0.3, -0.25) is 0 Å². The maximum atomic E-state index is 12.0. The van der Waals surface area contributed by atoms with Crippen LogP contribution in [-0.2, 0) is 4.74 Å². The topological polar surface area (TPSA) is 39.2 Å². The van der Waals surface area contributed by atoms with E-state index in [2.05, 4.69) is 4.98 Å². The van der Waals surface area contributed by atoms with E-state index in [1.807, 2.05) is 0 Å². The third-order valence-corrected chi connectivity index (χ3v) is 3.46. The summed E-state index contributed by atoms with van der Waals surface area (Å²) in [5, 5.41) is 0.408. The van der Waals surface area contributed by atoms with E-state index < -0.39 is 0 Å². The molecule has 0 amide bonds. The van der Waals surface area contributed by atoms with Crippen LogP contribution in [0, 0.1) is 0 Å². The highest BCUT2D eigenvalue weighted by Gasteiger charge is 2.18. The molecular weight excluding hydrogens is 273 g/mol. The Labute approximate surface area is 116 Å². The van der Waals surface area contributed by atoms with Crippen LogP contribution >= 0.6 is 23.2 Å². The average Bonchev–Trinajstić information content (AvgIpc) is 2.56. The van der Waals surface area contributed by atoms with Gasteiger partial charge in [0.15, 0.2) is 0 Å². The molecule has 18 heavy (non-hydrogen) atoms. The van der Waals surface area contributed by atoms with Crippen molar-refractivity contribution in [3.8, 4) is 0 Å². The van der Waals surface area contributed by atoms with Crippen LogP contribution in [-0.4, -0.2) is 17.1 Å². The van der Waals surface area contributed by atoms with Crippen LogP contribution in [0.25, 0.3) is 0 Å². The first-order valence-electron chi connectivity index (χ1n) is 6.19. The molecule has 2 rings (SSSR count). The SMILES string of the molecule is O=C(OC1CCCCCC1)c1cc(Cl)nc(Cl)c1. The van der Waals surface area contributed by atoms with Crippen LogP contribution in [0.5, 0.6) is 0 Å². The highest BCUT2D eigenvalue weighted by molar-refractivity contribution is 6.32. The van der Waals surface area contributed by atoms with Gasteiger partial charge in [0.25, 0.3) is 0 Å². The predicted octanol–water partition coefficient (Wildman–Crippen LogP) is 4.27. The summed E-state index contributed by atoms with van der Waals surface area (Å²) >= 11 is 11.5. The number of nitrogens with zero attached hydrogens (tertiary/aromatic N) is 1. The minimum absolute atomic E-state index is 0.0192. The fourth-order valence-electron chi connectivity index (χ4n) is 2.16.